The number of nitrogens with zero attached hydrogens (tertiary/aromatic N) is 3. The molecule has 0 bridgehead atoms. The summed E-state index contributed by atoms with van der Waals surface area (Å²) in [5, 5.41) is 0. The van der Waals surface area contributed by atoms with Crippen LogP contribution in [0.4, 0.5) is 4.39 Å². The summed E-state index contributed by atoms with van der Waals surface area (Å²) in [6.45, 7) is 6.77. The summed E-state index contributed by atoms with van der Waals surface area (Å²) in [6, 6.07) is 12.4. The van der Waals surface area contributed by atoms with Gasteiger partial charge in [-0.25, -0.2) is 4.39 Å². The van der Waals surface area contributed by atoms with Crippen LogP contribution in [0.3, 0.4) is 0 Å². The fourth-order valence-electron chi connectivity index (χ4n) is 4.80. The molecule has 0 aliphatic carbocycles. The molecule has 5 rings (SSSR count). The van der Waals surface area contributed by atoms with Crippen LogP contribution in [-0.2, 0) is 6.54 Å². The van der Waals surface area contributed by atoms with Gasteiger partial charge in [-0.15, -0.1) is 0 Å². The summed E-state index contributed by atoms with van der Waals surface area (Å²) in [4.78, 5) is 19.8. The van der Waals surface area contributed by atoms with E-state index in [1.165, 1.54) is 17.7 Å². The van der Waals surface area contributed by atoms with Crippen molar-refractivity contribution in [2.24, 2.45) is 0 Å². The number of fused-ring (bicyclic) bond motifs is 1. The van der Waals surface area contributed by atoms with Gasteiger partial charge in [0.2, 0.25) is 6.79 Å². The van der Waals surface area contributed by atoms with E-state index >= 15 is 0 Å². The Morgan fingerprint density at radius 2 is 1.74 bits per heavy atom. The zero-order chi connectivity index (χ0) is 21.2. The first-order chi connectivity index (χ1) is 15.2. The van der Waals surface area contributed by atoms with Crippen molar-refractivity contribution in [3.05, 3.63) is 59.4 Å². The second kappa shape index (κ2) is 8.85. The van der Waals surface area contributed by atoms with Gasteiger partial charge in [0.1, 0.15) is 5.82 Å². The van der Waals surface area contributed by atoms with E-state index < -0.39 is 0 Å². The maximum absolute atomic E-state index is 13.2. The van der Waals surface area contributed by atoms with Gasteiger partial charge in [-0.05, 0) is 54.8 Å². The third-order valence-corrected chi connectivity index (χ3v) is 6.54. The number of piperazine rings is 1. The van der Waals surface area contributed by atoms with Crippen molar-refractivity contribution in [1.29, 1.82) is 0 Å². The minimum Gasteiger partial charge on any atom is -0.454 e. The SMILES string of the molecule is O=C(c1ccc(F)cc1)N1CCC[C@H](N2CCN(Cc3ccc4c(c3)OCO4)CC2)C1. The normalized spacial score (nSPS) is 22.0. The predicted molar refractivity (Wildman–Crippen MR) is 115 cm³/mol. The van der Waals surface area contributed by atoms with Gasteiger partial charge in [-0.1, -0.05) is 6.07 Å². The van der Waals surface area contributed by atoms with Gasteiger partial charge in [-0.3, -0.25) is 14.6 Å². The molecule has 0 radical (unpaired) electrons. The Bertz CT molecular complexity index is 928. The van der Waals surface area contributed by atoms with E-state index in [4.69, 9.17) is 9.47 Å². The summed E-state index contributed by atoms with van der Waals surface area (Å²) in [5.74, 6) is 1.35. The molecule has 1 amide bonds. The molecule has 3 aliphatic rings. The molecule has 1 atom stereocenters. The van der Waals surface area contributed by atoms with Gasteiger partial charge in [0.15, 0.2) is 11.5 Å². The van der Waals surface area contributed by atoms with Crippen molar-refractivity contribution in [2.75, 3.05) is 46.1 Å². The van der Waals surface area contributed by atoms with Crippen LogP contribution in [0.5, 0.6) is 11.5 Å². The van der Waals surface area contributed by atoms with Crippen molar-refractivity contribution in [3.63, 3.8) is 0 Å². The van der Waals surface area contributed by atoms with Gasteiger partial charge in [0.25, 0.3) is 5.91 Å². The highest BCUT2D eigenvalue weighted by molar-refractivity contribution is 5.94. The number of likely N-dealkylation sites (tertiary alicyclic amines) is 1. The van der Waals surface area contributed by atoms with E-state index in [9.17, 15) is 9.18 Å². The van der Waals surface area contributed by atoms with E-state index in [0.29, 0.717) is 18.4 Å². The average molecular weight is 426 g/mol. The Kier molecular flexibility index (Phi) is 5.78. The largest absolute Gasteiger partial charge is 0.454 e. The maximum Gasteiger partial charge on any atom is 0.253 e. The number of halogens is 1. The van der Waals surface area contributed by atoms with Crippen LogP contribution in [0.2, 0.25) is 0 Å². The molecule has 164 valence electrons. The van der Waals surface area contributed by atoms with Crippen molar-refractivity contribution in [3.8, 4) is 11.5 Å². The van der Waals surface area contributed by atoms with Crippen LogP contribution >= 0.6 is 0 Å². The second-order valence-corrected chi connectivity index (χ2v) is 8.55. The molecule has 7 heteroatoms. The van der Waals surface area contributed by atoms with Crippen molar-refractivity contribution >= 4 is 5.91 Å². The lowest BCUT2D eigenvalue weighted by Gasteiger charge is -2.43. The third-order valence-electron chi connectivity index (χ3n) is 6.54. The highest BCUT2D eigenvalue weighted by atomic mass is 19.1. The molecular weight excluding hydrogens is 397 g/mol. The molecule has 2 aromatic carbocycles. The zero-order valence-electron chi connectivity index (χ0n) is 17.6. The van der Waals surface area contributed by atoms with Gasteiger partial charge >= 0.3 is 0 Å². The molecule has 2 aromatic rings. The molecule has 0 N–H and O–H groups in total. The summed E-state index contributed by atoms with van der Waals surface area (Å²) in [7, 11) is 0. The van der Waals surface area contributed by atoms with E-state index in [1.807, 2.05) is 11.0 Å². The highest BCUT2D eigenvalue weighted by Gasteiger charge is 2.30. The second-order valence-electron chi connectivity index (χ2n) is 8.55. The Balaban J connectivity index is 1.14. The van der Waals surface area contributed by atoms with Crippen LogP contribution in [0.15, 0.2) is 42.5 Å². The van der Waals surface area contributed by atoms with Gasteiger partial charge in [0, 0.05) is 57.4 Å². The summed E-state index contributed by atoms with van der Waals surface area (Å²) >= 11 is 0. The van der Waals surface area contributed by atoms with Crippen molar-refractivity contribution in [2.45, 2.75) is 25.4 Å². The molecule has 2 fully saturated rings. The number of amides is 1. The molecule has 0 saturated carbocycles. The predicted octanol–water partition coefficient (Wildman–Crippen LogP) is 2.98. The minimum atomic E-state index is -0.313. The van der Waals surface area contributed by atoms with E-state index in [1.54, 1.807) is 12.1 Å². The Labute approximate surface area is 182 Å². The molecular formula is C24H28FN3O3. The number of piperidine rings is 1. The number of carbonyl (C=O) groups is 1. The molecule has 3 aliphatic heterocycles. The number of hydrogen-bond acceptors (Lipinski definition) is 5. The van der Waals surface area contributed by atoms with Gasteiger partial charge in [0.05, 0.1) is 0 Å². The lowest BCUT2D eigenvalue weighted by atomic mass is 10.0. The molecule has 31 heavy (non-hydrogen) atoms. The fourth-order valence-corrected chi connectivity index (χ4v) is 4.80. The number of benzene rings is 2. The first-order valence-corrected chi connectivity index (χ1v) is 11.1. The van der Waals surface area contributed by atoms with E-state index in [0.717, 1.165) is 70.2 Å². The topological polar surface area (TPSA) is 45.3 Å². The van der Waals surface area contributed by atoms with Crippen LogP contribution < -0.4 is 9.47 Å². The number of hydrogen-bond donors (Lipinski definition) is 0. The van der Waals surface area contributed by atoms with Crippen molar-refractivity contribution in [1.82, 2.24) is 14.7 Å². The Morgan fingerprint density at radius 3 is 2.55 bits per heavy atom. The van der Waals surface area contributed by atoms with Crippen molar-refractivity contribution < 1.29 is 18.7 Å². The van der Waals surface area contributed by atoms with Gasteiger partial charge in [-0.2, -0.15) is 0 Å². The summed E-state index contributed by atoms with van der Waals surface area (Å²) in [6.07, 6.45) is 2.13. The molecule has 0 unspecified atom stereocenters. The Hall–Kier alpha value is -2.64. The van der Waals surface area contributed by atoms with Gasteiger partial charge < -0.3 is 14.4 Å². The Morgan fingerprint density at radius 1 is 0.968 bits per heavy atom. The summed E-state index contributed by atoms with van der Waals surface area (Å²) < 4.78 is 24.1. The molecule has 6 nitrogen and oxygen atoms in total. The third kappa shape index (κ3) is 4.52. The number of ether oxygens (including phenoxy) is 2. The average Bonchev–Trinajstić information content (AvgIpc) is 3.28. The number of carbonyl (C=O) groups excluding carboxylic acids is 1. The van der Waals surface area contributed by atoms with Crippen LogP contribution in [-0.4, -0.2) is 72.7 Å². The first-order valence-electron chi connectivity index (χ1n) is 11.1. The molecule has 0 aromatic heterocycles. The minimum absolute atomic E-state index is 0.00569. The number of rotatable bonds is 4. The maximum atomic E-state index is 13.2. The highest BCUT2D eigenvalue weighted by Crippen LogP contribution is 2.33. The molecule has 2 saturated heterocycles. The zero-order valence-corrected chi connectivity index (χ0v) is 17.6. The monoisotopic (exact) mass is 425 g/mol. The van der Waals surface area contributed by atoms with E-state index in [-0.39, 0.29) is 11.7 Å². The smallest absolute Gasteiger partial charge is 0.253 e. The standard InChI is InChI=1S/C24H28FN3O3/c25-20-6-4-19(5-7-20)24(29)28-9-1-2-21(16-28)27-12-10-26(11-13-27)15-18-3-8-22-23(14-18)31-17-30-22/h3-8,14,21H,1-2,9-13,15-17H2/t21-/m0/s1. The van der Waals surface area contributed by atoms with Crippen LogP contribution in [0.1, 0.15) is 28.8 Å². The lowest BCUT2D eigenvalue weighted by molar-refractivity contribution is 0.0407. The van der Waals surface area contributed by atoms with Crippen LogP contribution in [0, 0.1) is 5.82 Å². The summed E-state index contributed by atoms with van der Waals surface area (Å²) in [5.41, 5.74) is 1.81. The lowest BCUT2D eigenvalue weighted by Crippen LogP contribution is -2.55. The van der Waals surface area contributed by atoms with Crippen LogP contribution in [0.25, 0.3) is 0 Å². The molecule has 0 spiro atoms. The molecule has 3 heterocycles. The first kappa shape index (κ1) is 20.3. The quantitative estimate of drug-likeness (QED) is 0.754. The fraction of sp³-hybridized carbons (Fsp3) is 0.458. The van der Waals surface area contributed by atoms with E-state index in [2.05, 4.69) is 21.9 Å².